The van der Waals surface area contributed by atoms with Gasteiger partial charge in [0.15, 0.2) is 0 Å². The maximum atomic E-state index is 11.4. The third-order valence-electron chi connectivity index (χ3n) is 2.05. The molecule has 0 radical (unpaired) electrons. The summed E-state index contributed by atoms with van der Waals surface area (Å²) >= 11 is 0. The Morgan fingerprint density at radius 2 is 2.25 bits per heavy atom. The molecule has 0 heterocycles. The minimum atomic E-state index is -1.04. The Kier molecular flexibility index (Phi) is 3.26. The largest absolute Gasteiger partial charge is 0.468 e. The number of carbonyl (C=O) groups excluding carboxylic acids is 1. The Labute approximate surface area is 74.9 Å². The van der Waals surface area contributed by atoms with Gasteiger partial charge in [-0.15, -0.1) is 0 Å². The summed E-state index contributed by atoms with van der Waals surface area (Å²) in [5.41, 5.74) is 0. The fourth-order valence-electron chi connectivity index (χ4n) is 1.21. The monoisotopic (exact) mass is 190 g/mol. The Bertz CT molecular complexity index is 182. The molecule has 70 valence electrons. The molecule has 2 unspecified atom stereocenters. The first kappa shape index (κ1) is 9.71. The van der Waals surface area contributed by atoms with Gasteiger partial charge in [0.2, 0.25) is 0 Å². The zero-order valence-electron chi connectivity index (χ0n) is 7.41. The van der Waals surface area contributed by atoms with E-state index >= 15 is 0 Å². The van der Waals surface area contributed by atoms with Crippen LogP contribution in [0.25, 0.3) is 0 Å². The molecule has 0 N–H and O–H groups in total. The number of carbonyl (C=O) groups is 1. The fraction of sp³-hybridized carbons (Fsp3) is 0.875. The second kappa shape index (κ2) is 4.03. The fourth-order valence-corrected chi connectivity index (χ4v) is 2.58. The Hall–Kier alpha value is -0.380. The molecule has 3 nitrogen and oxygen atoms in total. The summed E-state index contributed by atoms with van der Waals surface area (Å²) in [6.45, 7) is 1.83. The van der Waals surface area contributed by atoms with Crippen LogP contribution in [0.5, 0.6) is 0 Å². The van der Waals surface area contributed by atoms with E-state index in [1.165, 1.54) is 7.11 Å². The lowest BCUT2D eigenvalue weighted by atomic mass is 10.3. The third-order valence-corrected chi connectivity index (χ3v) is 3.76. The van der Waals surface area contributed by atoms with Crippen LogP contribution in [0.1, 0.15) is 19.8 Å². The summed E-state index contributed by atoms with van der Waals surface area (Å²) in [7, 11) is 0.315. The molecule has 12 heavy (non-hydrogen) atoms. The van der Waals surface area contributed by atoms with Gasteiger partial charge in [-0.3, -0.25) is 9.00 Å². The molecular formula is C8H14O3S. The van der Waals surface area contributed by atoms with E-state index in [2.05, 4.69) is 4.74 Å². The molecule has 1 rings (SSSR count). The SMILES string of the molecule is CCS(=O)C(C(=O)OC)C1CC1. The molecule has 2 atom stereocenters. The minimum Gasteiger partial charge on any atom is -0.468 e. The molecule has 4 heteroatoms. The van der Waals surface area contributed by atoms with Gasteiger partial charge >= 0.3 is 5.97 Å². The molecule has 0 aliphatic heterocycles. The van der Waals surface area contributed by atoms with Crippen molar-refractivity contribution in [1.29, 1.82) is 0 Å². The number of methoxy groups -OCH3 is 1. The number of rotatable bonds is 4. The minimum absolute atomic E-state index is 0.308. The number of hydrogen-bond donors (Lipinski definition) is 0. The van der Waals surface area contributed by atoms with Gasteiger partial charge in [0.1, 0.15) is 5.25 Å². The first-order chi connectivity index (χ1) is 5.70. The van der Waals surface area contributed by atoms with Crippen molar-refractivity contribution in [3.8, 4) is 0 Å². The van der Waals surface area contributed by atoms with Crippen LogP contribution in [0.15, 0.2) is 0 Å². The van der Waals surface area contributed by atoms with E-state index in [4.69, 9.17) is 0 Å². The average Bonchev–Trinajstić information content (AvgIpc) is 2.88. The van der Waals surface area contributed by atoms with Crippen molar-refractivity contribution in [2.24, 2.45) is 5.92 Å². The van der Waals surface area contributed by atoms with Crippen LogP contribution < -0.4 is 0 Å². The van der Waals surface area contributed by atoms with Gasteiger partial charge in [-0.05, 0) is 18.8 Å². The van der Waals surface area contributed by atoms with Gasteiger partial charge < -0.3 is 4.74 Å². The molecule has 0 aromatic heterocycles. The van der Waals surface area contributed by atoms with Gasteiger partial charge in [-0.25, -0.2) is 0 Å². The maximum absolute atomic E-state index is 11.4. The molecule has 0 saturated heterocycles. The Morgan fingerprint density at radius 1 is 1.67 bits per heavy atom. The molecule has 1 saturated carbocycles. The molecule has 0 amide bonds. The van der Waals surface area contributed by atoms with Crippen molar-refractivity contribution in [2.45, 2.75) is 25.0 Å². The van der Waals surface area contributed by atoms with Gasteiger partial charge in [0.05, 0.1) is 7.11 Å². The van der Waals surface area contributed by atoms with Gasteiger partial charge in [0.25, 0.3) is 0 Å². The highest BCUT2D eigenvalue weighted by molar-refractivity contribution is 7.86. The molecule has 0 aromatic rings. The first-order valence-electron chi connectivity index (χ1n) is 4.15. The van der Waals surface area contributed by atoms with Crippen LogP contribution >= 0.6 is 0 Å². The van der Waals surface area contributed by atoms with Crippen LogP contribution in [-0.4, -0.2) is 28.3 Å². The van der Waals surface area contributed by atoms with Crippen molar-refractivity contribution in [3.05, 3.63) is 0 Å². The Balaban J connectivity index is 2.60. The van der Waals surface area contributed by atoms with Crippen LogP contribution in [0.3, 0.4) is 0 Å². The quantitative estimate of drug-likeness (QED) is 0.613. The van der Waals surface area contributed by atoms with E-state index in [-0.39, 0.29) is 11.2 Å². The van der Waals surface area contributed by atoms with Crippen LogP contribution in [0, 0.1) is 5.92 Å². The lowest BCUT2D eigenvalue weighted by molar-refractivity contribution is -0.140. The average molecular weight is 190 g/mol. The number of hydrogen-bond acceptors (Lipinski definition) is 3. The van der Waals surface area contributed by atoms with Gasteiger partial charge in [0, 0.05) is 16.6 Å². The second-order valence-corrected chi connectivity index (χ2v) is 4.80. The number of ether oxygens (including phenoxy) is 1. The zero-order valence-corrected chi connectivity index (χ0v) is 8.23. The lowest BCUT2D eigenvalue weighted by Crippen LogP contribution is -2.30. The summed E-state index contributed by atoms with van der Waals surface area (Å²) < 4.78 is 16.0. The van der Waals surface area contributed by atoms with E-state index in [1.807, 2.05) is 6.92 Å². The highest BCUT2D eigenvalue weighted by Gasteiger charge is 2.40. The van der Waals surface area contributed by atoms with E-state index in [0.29, 0.717) is 11.7 Å². The zero-order chi connectivity index (χ0) is 9.14. The van der Waals surface area contributed by atoms with Crippen LogP contribution in [-0.2, 0) is 20.3 Å². The smallest absolute Gasteiger partial charge is 0.321 e. The molecule has 0 aromatic carbocycles. The van der Waals surface area contributed by atoms with E-state index in [1.54, 1.807) is 0 Å². The van der Waals surface area contributed by atoms with Crippen molar-refractivity contribution in [2.75, 3.05) is 12.9 Å². The summed E-state index contributed by atoms with van der Waals surface area (Å²) in [6.07, 6.45) is 2.04. The van der Waals surface area contributed by atoms with Gasteiger partial charge in [-0.1, -0.05) is 6.92 Å². The van der Waals surface area contributed by atoms with Crippen molar-refractivity contribution < 1.29 is 13.7 Å². The first-order valence-corrected chi connectivity index (χ1v) is 5.54. The summed E-state index contributed by atoms with van der Waals surface area (Å²) in [6, 6.07) is 0. The van der Waals surface area contributed by atoms with Crippen molar-refractivity contribution in [1.82, 2.24) is 0 Å². The molecular weight excluding hydrogens is 176 g/mol. The van der Waals surface area contributed by atoms with Crippen molar-refractivity contribution >= 4 is 16.8 Å². The number of esters is 1. The Morgan fingerprint density at radius 3 is 2.58 bits per heavy atom. The lowest BCUT2D eigenvalue weighted by Gasteiger charge is -2.11. The standard InChI is InChI=1S/C8H14O3S/c1-3-12(10)7(6-4-5-6)8(9)11-2/h6-7H,3-5H2,1-2H3. The highest BCUT2D eigenvalue weighted by atomic mass is 32.2. The predicted octanol–water partition coefficient (Wildman–Crippen LogP) is 0.707. The second-order valence-electron chi connectivity index (χ2n) is 2.95. The maximum Gasteiger partial charge on any atom is 0.321 e. The molecule has 0 bridgehead atoms. The van der Waals surface area contributed by atoms with Crippen LogP contribution in [0.4, 0.5) is 0 Å². The predicted molar refractivity (Wildman–Crippen MR) is 47.2 cm³/mol. The van der Waals surface area contributed by atoms with E-state index in [0.717, 1.165) is 12.8 Å². The summed E-state index contributed by atoms with van der Waals surface area (Å²) in [5, 5.41) is -0.361. The highest BCUT2D eigenvalue weighted by Crippen LogP contribution is 2.35. The van der Waals surface area contributed by atoms with Crippen LogP contribution in [0.2, 0.25) is 0 Å². The molecule has 1 aliphatic carbocycles. The topological polar surface area (TPSA) is 43.4 Å². The summed E-state index contributed by atoms with van der Waals surface area (Å²) in [4.78, 5) is 11.2. The molecule has 1 fully saturated rings. The molecule has 0 spiro atoms. The van der Waals surface area contributed by atoms with E-state index in [9.17, 15) is 9.00 Å². The molecule has 1 aliphatic rings. The third kappa shape index (κ3) is 2.06. The summed E-state index contributed by atoms with van der Waals surface area (Å²) in [5.74, 6) is 0.548. The van der Waals surface area contributed by atoms with E-state index < -0.39 is 10.8 Å². The van der Waals surface area contributed by atoms with Gasteiger partial charge in [-0.2, -0.15) is 0 Å². The van der Waals surface area contributed by atoms with Crippen molar-refractivity contribution in [3.63, 3.8) is 0 Å². The normalized spacial score (nSPS) is 21.5.